The van der Waals surface area contributed by atoms with E-state index in [-0.39, 0.29) is 5.92 Å². The number of rotatable bonds is 6. The lowest BCUT2D eigenvalue weighted by molar-refractivity contribution is -0.137. The van der Waals surface area contributed by atoms with Gasteiger partial charge in [-0.25, -0.2) is 0 Å². The second-order valence-electron chi connectivity index (χ2n) is 9.10. The fourth-order valence-electron chi connectivity index (χ4n) is 5.22. The molecule has 31 heavy (non-hydrogen) atoms. The second-order valence-corrected chi connectivity index (χ2v) is 9.10. The van der Waals surface area contributed by atoms with Crippen LogP contribution in [0.4, 0.5) is 0 Å². The largest absolute Gasteiger partial charge is 0.334 e. The summed E-state index contributed by atoms with van der Waals surface area (Å²) in [4.78, 5) is 18.0. The van der Waals surface area contributed by atoms with E-state index in [9.17, 15) is 4.79 Å². The highest BCUT2D eigenvalue weighted by atomic mass is 16.2. The molecule has 0 N–H and O–H groups in total. The zero-order chi connectivity index (χ0) is 21.8. The monoisotopic (exact) mass is 420 g/mol. The quantitative estimate of drug-likeness (QED) is 0.653. The van der Waals surface area contributed by atoms with Crippen LogP contribution in [0.5, 0.6) is 0 Å². The molecule has 2 aliphatic heterocycles. The van der Waals surface area contributed by atoms with Crippen LogP contribution >= 0.6 is 0 Å². The van der Waals surface area contributed by atoms with Crippen molar-refractivity contribution in [3.05, 3.63) is 65.0 Å². The summed E-state index contributed by atoms with van der Waals surface area (Å²) in [5.41, 5.74) is 5.03. The smallest absolute Gasteiger partial charge is 0.226 e. The summed E-state index contributed by atoms with van der Waals surface area (Å²) >= 11 is 0. The number of amides is 1. The molecule has 0 saturated carbocycles. The van der Waals surface area contributed by atoms with E-state index in [2.05, 4.69) is 59.7 Å². The van der Waals surface area contributed by atoms with Gasteiger partial charge in [0.1, 0.15) is 0 Å². The van der Waals surface area contributed by atoms with Gasteiger partial charge in [0.15, 0.2) is 0 Å². The third-order valence-corrected chi connectivity index (χ3v) is 7.14. The zero-order valence-electron chi connectivity index (χ0n) is 19.3. The number of allylic oxidation sites excluding steroid dienone is 1. The molecule has 1 unspecified atom stereocenters. The Balaban J connectivity index is 1.37. The van der Waals surface area contributed by atoms with Crippen LogP contribution in [0.3, 0.4) is 0 Å². The average molecular weight is 421 g/mol. The summed E-state index contributed by atoms with van der Waals surface area (Å²) in [5.74, 6) is 0.935. The molecular formula is C26H36N4O. The summed E-state index contributed by atoms with van der Waals surface area (Å²) in [6.45, 7) is 11.9. The Morgan fingerprint density at radius 3 is 2.45 bits per heavy atom. The SMILES string of the molecule is CCn1nc(C)c(CN2CCC(C3CC=CCN(Cc4ccccc4)C3=O)CC2)c1C. The number of hydrogen-bond acceptors (Lipinski definition) is 3. The molecule has 0 bridgehead atoms. The Bertz CT molecular complexity index is 909. The molecule has 1 saturated heterocycles. The van der Waals surface area contributed by atoms with Crippen LogP contribution in [0.2, 0.25) is 0 Å². The predicted molar refractivity (Wildman–Crippen MR) is 124 cm³/mol. The van der Waals surface area contributed by atoms with Crippen molar-refractivity contribution in [3.63, 3.8) is 0 Å². The maximum absolute atomic E-state index is 13.4. The molecule has 3 heterocycles. The normalized spacial score (nSPS) is 20.9. The number of hydrogen-bond donors (Lipinski definition) is 0. The number of carbonyl (C=O) groups is 1. The minimum absolute atomic E-state index is 0.121. The number of aryl methyl sites for hydroxylation is 2. The van der Waals surface area contributed by atoms with Crippen LogP contribution in [-0.2, 0) is 24.4 Å². The molecule has 166 valence electrons. The van der Waals surface area contributed by atoms with Crippen LogP contribution in [0, 0.1) is 25.7 Å². The van der Waals surface area contributed by atoms with E-state index >= 15 is 0 Å². The van der Waals surface area contributed by atoms with E-state index in [0.29, 0.717) is 18.4 Å². The first-order valence-corrected chi connectivity index (χ1v) is 11.8. The maximum atomic E-state index is 13.4. The highest BCUT2D eigenvalue weighted by Crippen LogP contribution is 2.32. The molecule has 4 rings (SSSR count). The van der Waals surface area contributed by atoms with Crippen molar-refractivity contribution in [2.75, 3.05) is 19.6 Å². The van der Waals surface area contributed by atoms with Gasteiger partial charge in [0.25, 0.3) is 0 Å². The van der Waals surface area contributed by atoms with Crippen molar-refractivity contribution < 1.29 is 4.79 Å². The van der Waals surface area contributed by atoms with Crippen LogP contribution in [0.1, 0.15) is 48.7 Å². The van der Waals surface area contributed by atoms with Crippen LogP contribution in [-0.4, -0.2) is 45.1 Å². The molecule has 1 amide bonds. The van der Waals surface area contributed by atoms with Crippen LogP contribution in [0.15, 0.2) is 42.5 Å². The highest BCUT2D eigenvalue weighted by molar-refractivity contribution is 5.80. The van der Waals surface area contributed by atoms with Gasteiger partial charge >= 0.3 is 0 Å². The standard InChI is InChI=1S/C26H36N4O/c1-4-30-21(3)25(20(2)27-30)19-28-16-13-23(14-17-28)24-12-8-9-15-29(26(24)31)18-22-10-6-5-7-11-22/h5-11,23-24H,4,12-19H2,1-3H3. The Kier molecular flexibility index (Phi) is 6.91. The van der Waals surface area contributed by atoms with E-state index in [1.165, 1.54) is 16.8 Å². The van der Waals surface area contributed by atoms with Crippen molar-refractivity contribution in [2.45, 2.75) is 59.7 Å². The van der Waals surface area contributed by atoms with E-state index in [0.717, 1.165) is 57.7 Å². The molecule has 1 atom stereocenters. The van der Waals surface area contributed by atoms with Crippen molar-refractivity contribution in [3.8, 4) is 0 Å². The Labute approximate surface area is 186 Å². The number of piperidine rings is 1. The predicted octanol–water partition coefficient (Wildman–Crippen LogP) is 4.34. The number of benzene rings is 1. The third kappa shape index (κ3) is 4.93. The molecule has 0 radical (unpaired) electrons. The molecule has 1 aromatic heterocycles. The van der Waals surface area contributed by atoms with Gasteiger partial charge in [-0.15, -0.1) is 0 Å². The lowest BCUT2D eigenvalue weighted by Gasteiger charge is -2.36. The van der Waals surface area contributed by atoms with Gasteiger partial charge < -0.3 is 4.90 Å². The van der Waals surface area contributed by atoms with Gasteiger partial charge in [0.05, 0.1) is 5.69 Å². The first-order valence-electron chi connectivity index (χ1n) is 11.8. The molecule has 1 fully saturated rings. The summed E-state index contributed by atoms with van der Waals surface area (Å²) in [6, 6.07) is 10.4. The average Bonchev–Trinajstić information content (AvgIpc) is 2.94. The van der Waals surface area contributed by atoms with Gasteiger partial charge in [-0.05, 0) is 64.6 Å². The summed E-state index contributed by atoms with van der Waals surface area (Å²) in [7, 11) is 0. The lowest BCUT2D eigenvalue weighted by atomic mass is 9.81. The number of aromatic nitrogens is 2. The van der Waals surface area contributed by atoms with E-state index < -0.39 is 0 Å². The molecule has 5 nitrogen and oxygen atoms in total. The van der Waals surface area contributed by atoms with Gasteiger partial charge in [0.2, 0.25) is 5.91 Å². The molecule has 2 aliphatic rings. The number of likely N-dealkylation sites (tertiary alicyclic amines) is 1. The first kappa shape index (κ1) is 21.8. The van der Waals surface area contributed by atoms with Gasteiger partial charge in [-0.1, -0.05) is 42.5 Å². The van der Waals surface area contributed by atoms with Gasteiger partial charge in [-0.3, -0.25) is 14.4 Å². The van der Waals surface area contributed by atoms with E-state index in [1.807, 2.05) is 23.1 Å². The number of carbonyl (C=O) groups excluding carboxylic acids is 1. The van der Waals surface area contributed by atoms with E-state index in [4.69, 9.17) is 0 Å². The van der Waals surface area contributed by atoms with Crippen molar-refractivity contribution in [1.29, 1.82) is 0 Å². The zero-order valence-corrected chi connectivity index (χ0v) is 19.3. The summed E-state index contributed by atoms with van der Waals surface area (Å²) in [6.07, 6.45) is 7.49. The molecule has 5 heteroatoms. The Morgan fingerprint density at radius 2 is 1.77 bits per heavy atom. The molecule has 0 aliphatic carbocycles. The second kappa shape index (κ2) is 9.82. The fourth-order valence-corrected chi connectivity index (χ4v) is 5.22. The molecule has 1 aromatic carbocycles. The van der Waals surface area contributed by atoms with Crippen LogP contribution < -0.4 is 0 Å². The molecule has 0 spiro atoms. The molecule has 2 aromatic rings. The Hall–Kier alpha value is -2.40. The first-order chi connectivity index (χ1) is 15.1. The Morgan fingerprint density at radius 1 is 1.03 bits per heavy atom. The van der Waals surface area contributed by atoms with Gasteiger partial charge in [-0.2, -0.15) is 5.10 Å². The minimum Gasteiger partial charge on any atom is -0.334 e. The summed E-state index contributed by atoms with van der Waals surface area (Å²) in [5, 5.41) is 4.68. The van der Waals surface area contributed by atoms with Crippen molar-refractivity contribution in [2.24, 2.45) is 11.8 Å². The number of nitrogens with zero attached hydrogens (tertiary/aromatic N) is 4. The van der Waals surface area contributed by atoms with E-state index in [1.54, 1.807) is 0 Å². The topological polar surface area (TPSA) is 41.4 Å². The third-order valence-electron chi connectivity index (χ3n) is 7.14. The minimum atomic E-state index is 0.121. The van der Waals surface area contributed by atoms with Gasteiger partial charge in [0, 0.05) is 43.4 Å². The molecular weight excluding hydrogens is 384 g/mol. The van der Waals surface area contributed by atoms with Crippen LogP contribution in [0.25, 0.3) is 0 Å². The van der Waals surface area contributed by atoms with Crippen molar-refractivity contribution in [1.82, 2.24) is 19.6 Å². The highest BCUT2D eigenvalue weighted by Gasteiger charge is 2.34. The summed E-state index contributed by atoms with van der Waals surface area (Å²) < 4.78 is 2.11. The van der Waals surface area contributed by atoms with Crippen molar-refractivity contribution >= 4 is 5.91 Å². The fraction of sp³-hybridized carbons (Fsp3) is 0.538. The lowest BCUT2D eigenvalue weighted by Crippen LogP contribution is -2.42. The maximum Gasteiger partial charge on any atom is 0.226 e.